The molecule has 0 saturated heterocycles. The molecule has 4 rings (SSSR count). The summed E-state index contributed by atoms with van der Waals surface area (Å²) >= 11 is 11.1. The largest absolute Gasteiger partial charge is 0.496 e. The summed E-state index contributed by atoms with van der Waals surface area (Å²) in [5, 5.41) is 0.525. The van der Waals surface area contributed by atoms with E-state index in [0.717, 1.165) is 10.9 Å². The zero-order valence-corrected chi connectivity index (χ0v) is 25.6. The monoisotopic (exact) mass is 632 g/mol. The Kier molecular flexibility index (Phi) is 9.35. The van der Waals surface area contributed by atoms with Gasteiger partial charge in [-0.15, -0.1) is 0 Å². The van der Waals surface area contributed by atoms with E-state index in [4.69, 9.17) is 30.8 Å². The van der Waals surface area contributed by atoms with E-state index in [9.17, 15) is 9.59 Å². The highest BCUT2D eigenvalue weighted by Gasteiger charge is 2.36. The van der Waals surface area contributed by atoms with Crippen LogP contribution in [-0.4, -0.2) is 30.4 Å². The highest BCUT2D eigenvalue weighted by Crippen LogP contribution is 2.38. The third-order valence-corrected chi connectivity index (χ3v) is 7.71. The van der Waals surface area contributed by atoms with Gasteiger partial charge in [-0.1, -0.05) is 52.2 Å². The van der Waals surface area contributed by atoms with Gasteiger partial charge in [0.2, 0.25) is 0 Å². The molecule has 39 heavy (non-hydrogen) atoms. The van der Waals surface area contributed by atoms with Gasteiger partial charge in [0.15, 0.2) is 4.80 Å². The third-order valence-electron chi connectivity index (χ3n) is 6.00. The molecule has 0 amide bonds. The van der Waals surface area contributed by atoms with Gasteiger partial charge in [0, 0.05) is 20.6 Å². The molecule has 1 atom stereocenters. The van der Waals surface area contributed by atoms with Crippen LogP contribution in [0.25, 0.3) is 6.08 Å². The van der Waals surface area contributed by atoms with E-state index in [0.29, 0.717) is 54.7 Å². The minimum Gasteiger partial charge on any atom is -0.496 e. The number of allylic oxidation sites excluding steroid dienone is 1. The fourth-order valence-electron chi connectivity index (χ4n) is 4.47. The fourth-order valence-corrected chi connectivity index (χ4v) is 6.04. The molecule has 7 nitrogen and oxygen atoms in total. The summed E-state index contributed by atoms with van der Waals surface area (Å²) in [6.45, 7) is 7.84. The van der Waals surface area contributed by atoms with Crippen molar-refractivity contribution in [1.29, 1.82) is 0 Å². The Morgan fingerprint density at radius 2 is 1.95 bits per heavy atom. The van der Waals surface area contributed by atoms with Crippen molar-refractivity contribution in [2.45, 2.75) is 52.7 Å². The summed E-state index contributed by atoms with van der Waals surface area (Å²) in [6.07, 6.45) is 3.01. The van der Waals surface area contributed by atoms with E-state index in [1.54, 1.807) is 48.9 Å². The minimum atomic E-state index is -0.790. The van der Waals surface area contributed by atoms with Crippen LogP contribution in [0.4, 0.5) is 0 Å². The number of carbonyl (C=O) groups excluding carboxylic acids is 1. The first-order valence-corrected chi connectivity index (χ1v) is 14.7. The lowest BCUT2D eigenvalue weighted by Crippen LogP contribution is -2.40. The smallest absolute Gasteiger partial charge is 0.338 e. The van der Waals surface area contributed by atoms with E-state index in [2.05, 4.69) is 15.9 Å². The zero-order chi connectivity index (χ0) is 28.3. The second-order valence-corrected chi connectivity index (χ2v) is 11.5. The maximum absolute atomic E-state index is 14.1. The summed E-state index contributed by atoms with van der Waals surface area (Å²) in [6, 6.07) is 10.0. The highest BCUT2D eigenvalue weighted by molar-refractivity contribution is 9.10. The molecule has 3 aromatic rings. The zero-order valence-electron chi connectivity index (χ0n) is 22.4. The van der Waals surface area contributed by atoms with Gasteiger partial charge in [0.05, 0.1) is 35.6 Å². The van der Waals surface area contributed by atoms with Gasteiger partial charge in [-0.2, -0.15) is 0 Å². The number of fused-ring (bicyclic) bond motifs is 1. The predicted octanol–water partition coefficient (Wildman–Crippen LogP) is 5.79. The number of aromatic nitrogens is 1. The number of ether oxygens (including phenoxy) is 3. The molecule has 0 bridgehead atoms. The van der Waals surface area contributed by atoms with E-state index in [1.165, 1.54) is 11.3 Å². The number of hydrogen-bond acceptors (Lipinski definition) is 7. The predicted molar refractivity (Wildman–Crippen MR) is 158 cm³/mol. The van der Waals surface area contributed by atoms with E-state index in [1.807, 2.05) is 32.9 Å². The lowest BCUT2D eigenvalue weighted by molar-refractivity contribution is -0.139. The van der Waals surface area contributed by atoms with Crippen molar-refractivity contribution < 1.29 is 19.0 Å². The molecule has 1 aromatic heterocycles. The quantitative estimate of drug-likeness (QED) is 0.279. The standard InChI is InChI=1S/C29H30BrClN2O5S/c1-6-8-21-25(28(35)37-7-2)26(20-15-18(30)9-11-23(20)36-5)33-27(34)24(39-29(33)32-21)14-17-13-19(31)10-12-22(17)38-16(3)4/h9-16,26H,6-8H2,1-5H3/b24-14-/t26-/m0/s1. The topological polar surface area (TPSA) is 79.1 Å². The number of carbonyl (C=O) groups is 1. The Balaban J connectivity index is 2.05. The number of esters is 1. The molecule has 1 aliphatic heterocycles. The Morgan fingerprint density at radius 3 is 2.62 bits per heavy atom. The third kappa shape index (κ3) is 6.15. The van der Waals surface area contributed by atoms with Gasteiger partial charge in [-0.3, -0.25) is 9.36 Å². The first-order valence-electron chi connectivity index (χ1n) is 12.7. The fraction of sp³-hybridized carbons (Fsp3) is 0.345. The van der Waals surface area contributed by atoms with E-state index in [-0.39, 0.29) is 18.3 Å². The minimum absolute atomic E-state index is 0.0627. The average Bonchev–Trinajstić information content (AvgIpc) is 3.19. The summed E-state index contributed by atoms with van der Waals surface area (Å²) in [5.74, 6) is 0.651. The maximum Gasteiger partial charge on any atom is 0.338 e. The van der Waals surface area contributed by atoms with Gasteiger partial charge in [0.25, 0.3) is 5.56 Å². The summed E-state index contributed by atoms with van der Waals surface area (Å²) < 4.78 is 19.9. The van der Waals surface area contributed by atoms with Crippen LogP contribution >= 0.6 is 38.9 Å². The van der Waals surface area contributed by atoms with Crippen molar-refractivity contribution >= 4 is 50.9 Å². The van der Waals surface area contributed by atoms with Crippen LogP contribution in [0.15, 0.2) is 61.9 Å². The molecule has 0 radical (unpaired) electrons. The van der Waals surface area contributed by atoms with Crippen LogP contribution in [0, 0.1) is 0 Å². The molecule has 0 aliphatic carbocycles. The van der Waals surface area contributed by atoms with Crippen LogP contribution in [0.1, 0.15) is 57.7 Å². The van der Waals surface area contributed by atoms with Crippen molar-refractivity contribution in [3.05, 3.63) is 88.0 Å². The molecule has 0 spiro atoms. The summed E-state index contributed by atoms with van der Waals surface area (Å²) in [5.41, 5.74) is 1.97. The lowest BCUT2D eigenvalue weighted by atomic mass is 9.93. The first-order chi connectivity index (χ1) is 18.7. The summed E-state index contributed by atoms with van der Waals surface area (Å²) in [7, 11) is 1.56. The molecular formula is C29H30BrClN2O5S. The van der Waals surface area contributed by atoms with Crippen LogP contribution in [0.3, 0.4) is 0 Å². The Bertz CT molecular complexity index is 1610. The molecule has 2 heterocycles. The first kappa shape index (κ1) is 29.1. The van der Waals surface area contributed by atoms with Crippen molar-refractivity contribution in [3.63, 3.8) is 0 Å². The summed E-state index contributed by atoms with van der Waals surface area (Å²) in [4.78, 5) is 32.8. The van der Waals surface area contributed by atoms with Crippen LogP contribution < -0.4 is 24.4 Å². The molecule has 206 valence electrons. The second kappa shape index (κ2) is 12.5. The van der Waals surface area contributed by atoms with Crippen LogP contribution in [0.2, 0.25) is 5.02 Å². The number of methoxy groups -OCH3 is 1. The van der Waals surface area contributed by atoms with E-state index >= 15 is 0 Å². The number of thiazole rings is 1. The van der Waals surface area contributed by atoms with Gasteiger partial charge < -0.3 is 14.2 Å². The molecule has 0 saturated carbocycles. The Morgan fingerprint density at radius 1 is 1.21 bits per heavy atom. The van der Waals surface area contributed by atoms with Crippen molar-refractivity contribution in [1.82, 2.24) is 4.57 Å². The van der Waals surface area contributed by atoms with Gasteiger partial charge in [-0.05, 0) is 69.7 Å². The highest BCUT2D eigenvalue weighted by atomic mass is 79.9. The molecule has 0 unspecified atom stereocenters. The van der Waals surface area contributed by atoms with Crippen LogP contribution in [-0.2, 0) is 9.53 Å². The number of hydrogen-bond donors (Lipinski definition) is 0. The molecule has 10 heteroatoms. The SMILES string of the molecule is CCCC1=C(C(=O)OCC)[C@H](c2cc(Br)ccc2OC)n2c(s/c(=C\c3cc(Cl)ccc3OC(C)C)c2=O)=N1. The Labute approximate surface area is 244 Å². The number of halogens is 2. The maximum atomic E-state index is 14.1. The second-order valence-electron chi connectivity index (χ2n) is 9.15. The van der Waals surface area contributed by atoms with Gasteiger partial charge in [0.1, 0.15) is 17.5 Å². The number of benzene rings is 2. The Hall–Kier alpha value is -2.88. The van der Waals surface area contributed by atoms with Crippen molar-refractivity contribution in [3.8, 4) is 11.5 Å². The molecule has 2 aromatic carbocycles. The van der Waals surface area contributed by atoms with Crippen molar-refractivity contribution in [2.24, 2.45) is 4.99 Å². The number of rotatable bonds is 9. The van der Waals surface area contributed by atoms with Gasteiger partial charge in [-0.25, -0.2) is 9.79 Å². The number of nitrogens with zero attached hydrogens (tertiary/aromatic N) is 2. The van der Waals surface area contributed by atoms with E-state index < -0.39 is 12.0 Å². The molecule has 0 N–H and O–H groups in total. The average molecular weight is 634 g/mol. The lowest BCUT2D eigenvalue weighted by Gasteiger charge is -2.27. The van der Waals surface area contributed by atoms with Crippen molar-refractivity contribution in [2.75, 3.05) is 13.7 Å². The normalized spacial score (nSPS) is 15.3. The molecular weight excluding hydrogens is 604 g/mol. The molecule has 0 fully saturated rings. The van der Waals surface area contributed by atoms with Crippen LogP contribution in [0.5, 0.6) is 11.5 Å². The molecule has 1 aliphatic rings. The van der Waals surface area contributed by atoms with Gasteiger partial charge >= 0.3 is 5.97 Å².